The van der Waals surface area contributed by atoms with Crippen molar-refractivity contribution in [2.75, 3.05) is 6.61 Å². The molecule has 46 heavy (non-hydrogen) atoms. The summed E-state index contributed by atoms with van der Waals surface area (Å²) in [5, 5.41) is 1.56. The smallest absolute Gasteiger partial charge is 0.344 e. The summed E-state index contributed by atoms with van der Waals surface area (Å²) in [4.78, 5) is 41.0. The van der Waals surface area contributed by atoms with Crippen molar-refractivity contribution in [2.24, 2.45) is 11.8 Å². The molecule has 7 nitrogen and oxygen atoms in total. The lowest BCUT2D eigenvalue weighted by Gasteiger charge is -2.26. The minimum atomic E-state index is -0.674. The molecular weight excluding hydrogens is 641 g/mol. The van der Waals surface area contributed by atoms with E-state index in [0.29, 0.717) is 17.7 Å². The van der Waals surface area contributed by atoms with Crippen molar-refractivity contribution in [2.45, 2.75) is 44.0 Å². The fourth-order valence-corrected chi connectivity index (χ4v) is 8.82. The van der Waals surface area contributed by atoms with Gasteiger partial charge in [0.2, 0.25) is 0 Å². The predicted molar refractivity (Wildman–Crippen MR) is 180 cm³/mol. The van der Waals surface area contributed by atoms with Crippen molar-refractivity contribution in [3.05, 3.63) is 106 Å². The maximum Gasteiger partial charge on any atom is 0.344 e. The number of benzene rings is 3. The van der Waals surface area contributed by atoms with Crippen molar-refractivity contribution in [3.8, 4) is 16.2 Å². The molecule has 0 saturated carbocycles. The largest absolute Gasteiger partial charge is 0.462 e. The summed E-state index contributed by atoms with van der Waals surface area (Å²) < 4.78 is 24.3. The highest BCUT2D eigenvalue weighted by atomic mass is 32.9. The number of hydrogen-bond acceptors (Lipinski definition) is 10. The number of allylic oxidation sites excluding steroid dienone is 2. The van der Waals surface area contributed by atoms with Crippen LogP contribution in [0.4, 0.5) is 0 Å². The molecule has 2 fully saturated rings. The van der Waals surface area contributed by atoms with E-state index < -0.39 is 24.0 Å². The van der Waals surface area contributed by atoms with Crippen LogP contribution in [0.25, 0.3) is 21.2 Å². The summed E-state index contributed by atoms with van der Waals surface area (Å²) in [5.74, 6) is -2.07. The first-order valence-electron chi connectivity index (χ1n) is 15.1. The highest BCUT2D eigenvalue weighted by Crippen LogP contribution is 2.50. The van der Waals surface area contributed by atoms with E-state index in [-0.39, 0.29) is 41.3 Å². The molecule has 1 aromatic heterocycles. The molecule has 2 saturated heterocycles. The van der Waals surface area contributed by atoms with Crippen molar-refractivity contribution in [1.29, 1.82) is 0 Å². The fourth-order valence-electron chi connectivity index (χ4n) is 6.42. The third kappa shape index (κ3) is 5.98. The molecule has 3 aliphatic rings. The van der Waals surface area contributed by atoms with Crippen LogP contribution in [0.3, 0.4) is 0 Å². The standard InChI is InChI=1S/C36H30O7S3/c1-20-30-24(10-4-3-7-15-36(2)32(43-36)31(30)42-33(20)37)19-40-34(38)26-16-22-8-5-6-9-23(22)17-27(26)35(39)41-25-13-11-21(12-14-25)28-18-29(44)46-45-28/h3-6,8-9,11-14,16-18,24,30-32H,1,7,10,15,19H2,2H3/b4-3-/t24?,30-,31+,32+,36-/m1/s1. The normalized spacial score (nSPS) is 26.0. The van der Waals surface area contributed by atoms with Crippen LogP contribution in [0.2, 0.25) is 0 Å². The zero-order valence-corrected chi connectivity index (χ0v) is 27.4. The summed E-state index contributed by atoms with van der Waals surface area (Å²) in [6, 6.07) is 19.9. The predicted octanol–water partition coefficient (Wildman–Crippen LogP) is 8.35. The molecule has 234 valence electrons. The second-order valence-corrected chi connectivity index (χ2v) is 14.9. The topological polar surface area (TPSA) is 91.4 Å². The zero-order chi connectivity index (χ0) is 32.0. The lowest BCUT2D eigenvalue weighted by atomic mass is 9.78. The second-order valence-electron chi connectivity index (χ2n) is 12.0. The van der Waals surface area contributed by atoms with Crippen LogP contribution in [0, 0.1) is 15.7 Å². The van der Waals surface area contributed by atoms with Crippen LogP contribution >= 0.6 is 32.9 Å². The number of ether oxygens (including phenoxy) is 4. The molecule has 5 atom stereocenters. The Kier molecular flexibility index (Phi) is 8.23. The van der Waals surface area contributed by atoms with Gasteiger partial charge in [-0.25, -0.2) is 14.4 Å². The number of carbonyl (C=O) groups excluding carboxylic acids is 3. The van der Waals surface area contributed by atoms with E-state index in [4.69, 9.17) is 31.2 Å². The summed E-state index contributed by atoms with van der Waals surface area (Å²) in [5.41, 5.74) is 1.17. The maximum absolute atomic E-state index is 13.8. The number of esters is 3. The lowest BCUT2D eigenvalue weighted by Crippen LogP contribution is -2.35. The highest BCUT2D eigenvalue weighted by Gasteiger charge is 2.62. The molecule has 1 unspecified atom stereocenters. The van der Waals surface area contributed by atoms with E-state index in [1.165, 1.54) is 10.3 Å². The summed E-state index contributed by atoms with van der Waals surface area (Å²) in [6.45, 7) is 6.07. The Balaban J connectivity index is 1.13. The average Bonchev–Trinajstić information content (AvgIpc) is 3.36. The van der Waals surface area contributed by atoms with E-state index in [1.54, 1.807) is 34.6 Å². The quantitative estimate of drug-likeness (QED) is 0.0385. The van der Waals surface area contributed by atoms with E-state index >= 15 is 0 Å². The van der Waals surface area contributed by atoms with Gasteiger partial charge in [0.1, 0.15) is 21.8 Å². The third-order valence-electron chi connectivity index (χ3n) is 8.99. The number of fused-ring (bicyclic) bond motifs is 4. The molecular formula is C36H30O7S3. The average molecular weight is 671 g/mol. The van der Waals surface area contributed by atoms with Gasteiger partial charge in [0.25, 0.3) is 0 Å². The first kappa shape index (κ1) is 30.7. The molecule has 7 rings (SSSR count). The SMILES string of the molecule is C=C1C(=O)O[C@H]2[C@H]1C(COC(=O)c1cc3ccccc3cc1C(=O)Oc1ccc(-c3cc(=S)ss3)cc1)C/C=C\CC[C@@]1(C)O[C@@H]21. The summed E-state index contributed by atoms with van der Waals surface area (Å²) in [6.07, 6.45) is 5.66. The summed E-state index contributed by atoms with van der Waals surface area (Å²) >= 11 is 5.24. The Morgan fingerprint density at radius 3 is 2.41 bits per heavy atom. The second kappa shape index (κ2) is 12.3. The van der Waals surface area contributed by atoms with Gasteiger partial charge in [-0.15, -0.1) is 0 Å². The van der Waals surface area contributed by atoms with Gasteiger partial charge < -0.3 is 18.9 Å². The first-order chi connectivity index (χ1) is 22.2. The molecule has 0 N–H and O–H groups in total. The number of hydrogen-bond donors (Lipinski definition) is 0. The molecule has 2 aliphatic heterocycles. The van der Waals surface area contributed by atoms with Crippen molar-refractivity contribution in [3.63, 3.8) is 0 Å². The van der Waals surface area contributed by atoms with Crippen LogP contribution in [-0.4, -0.2) is 42.3 Å². The van der Waals surface area contributed by atoms with Crippen LogP contribution < -0.4 is 4.74 Å². The summed E-state index contributed by atoms with van der Waals surface area (Å²) in [7, 11) is 3.12. The third-order valence-corrected chi connectivity index (χ3v) is 11.9. The van der Waals surface area contributed by atoms with Gasteiger partial charge in [-0.1, -0.05) is 75.9 Å². The molecule has 3 heterocycles. The fraction of sp³-hybridized carbons (Fsp3) is 0.278. The van der Waals surface area contributed by atoms with E-state index in [2.05, 4.69) is 18.7 Å². The van der Waals surface area contributed by atoms with Gasteiger partial charge in [0, 0.05) is 22.3 Å². The zero-order valence-electron chi connectivity index (χ0n) is 24.9. The van der Waals surface area contributed by atoms with Gasteiger partial charge in [0.15, 0.2) is 0 Å². The Morgan fingerprint density at radius 1 is 1.00 bits per heavy atom. The highest BCUT2D eigenvalue weighted by molar-refractivity contribution is 7.80. The van der Waals surface area contributed by atoms with E-state index in [1.807, 2.05) is 49.4 Å². The minimum Gasteiger partial charge on any atom is -0.462 e. The molecule has 0 amide bonds. The van der Waals surface area contributed by atoms with Gasteiger partial charge in [-0.2, -0.15) is 0 Å². The Morgan fingerprint density at radius 2 is 1.72 bits per heavy atom. The molecule has 0 radical (unpaired) electrons. The van der Waals surface area contributed by atoms with Crippen molar-refractivity contribution < 1.29 is 33.3 Å². The van der Waals surface area contributed by atoms with Crippen LogP contribution in [0.15, 0.2) is 91.0 Å². The van der Waals surface area contributed by atoms with E-state index in [0.717, 1.165) is 37.9 Å². The van der Waals surface area contributed by atoms with Crippen molar-refractivity contribution in [1.82, 2.24) is 0 Å². The van der Waals surface area contributed by atoms with Crippen molar-refractivity contribution >= 4 is 61.6 Å². The minimum absolute atomic E-state index is 0.00178. The van der Waals surface area contributed by atoms with Crippen LogP contribution in [0.1, 0.15) is 46.9 Å². The maximum atomic E-state index is 13.8. The number of epoxide rings is 1. The monoisotopic (exact) mass is 670 g/mol. The van der Waals surface area contributed by atoms with Gasteiger partial charge in [-0.3, -0.25) is 0 Å². The molecule has 4 aromatic rings. The molecule has 0 bridgehead atoms. The molecule has 0 spiro atoms. The Labute approximate surface area is 278 Å². The Bertz CT molecular complexity index is 1960. The molecule has 10 heteroatoms. The van der Waals surface area contributed by atoms with Crippen LogP contribution in [0.5, 0.6) is 5.75 Å². The van der Waals surface area contributed by atoms with Gasteiger partial charge in [0.05, 0.1) is 23.3 Å². The van der Waals surface area contributed by atoms with E-state index in [9.17, 15) is 14.4 Å². The lowest BCUT2D eigenvalue weighted by molar-refractivity contribution is -0.140. The molecule has 3 aromatic carbocycles. The number of rotatable bonds is 6. The van der Waals surface area contributed by atoms with Gasteiger partial charge >= 0.3 is 17.9 Å². The van der Waals surface area contributed by atoms with Gasteiger partial charge in [-0.05, 0) is 85.0 Å². The van der Waals surface area contributed by atoms with Crippen LogP contribution in [-0.2, 0) is 19.0 Å². The Hall–Kier alpha value is -3.96. The molecule has 1 aliphatic carbocycles. The number of carbonyl (C=O) groups is 3. The first-order valence-corrected chi connectivity index (χ1v) is 17.6.